The Morgan fingerprint density at radius 3 is 2.80 bits per heavy atom. The molecule has 3 unspecified atom stereocenters. The Balaban J connectivity index is 2.00. The lowest BCUT2D eigenvalue weighted by molar-refractivity contribution is -0.0789. The van der Waals surface area contributed by atoms with E-state index in [2.05, 4.69) is 19.2 Å². The molecule has 0 aromatic heterocycles. The zero-order valence-electron chi connectivity index (χ0n) is 12.4. The van der Waals surface area contributed by atoms with E-state index >= 15 is 0 Å². The molecule has 1 aromatic rings. The summed E-state index contributed by atoms with van der Waals surface area (Å²) in [6, 6.07) is 4.43. The second kappa shape index (κ2) is 6.19. The molecule has 20 heavy (non-hydrogen) atoms. The van der Waals surface area contributed by atoms with Crippen molar-refractivity contribution in [2.45, 2.75) is 57.7 Å². The van der Waals surface area contributed by atoms with Crippen molar-refractivity contribution < 1.29 is 13.5 Å². The molecule has 0 saturated carbocycles. The molecular weight excluding hydrogens is 260 g/mol. The summed E-state index contributed by atoms with van der Waals surface area (Å²) in [7, 11) is 0. The first kappa shape index (κ1) is 15.4. The highest BCUT2D eigenvalue weighted by Crippen LogP contribution is 2.29. The van der Waals surface area contributed by atoms with E-state index in [4.69, 9.17) is 4.74 Å². The molecule has 0 bridgehead atoms. The predicted octanol–water partition coefficient (Wildman–Crippen LogP) is 3.96. The van der Waals surface area contributed by atoms with Gasteiger partial charge in [0, 0.05) is 18.7 Å². The Morgan fingerprint density at radius 2 is 2.15 bits per heavy atom. The van der Waals surface area contributed by atoms with Gasteiger partial charge in [-0.25, -0.2) is 8.78 Å². The van der Waals surface area contributed by atoms with Gasteiger partial charge in [0.1, 0.15) is 0 Å². The lowest BCUT2D eigenvalue weighted by Crippen LogP contribution is -2.45. The molecule has 1 saturated heterocycles. The monoisotopic (exact) mass is 283 g/mol. The van der Waals surface area contributed by atoms with Crippen LogP contribution in [0.25, 0.3) is 0 Å². The zero-order chi connectivity index (χ0) is 14.8. The Hall–Kier alpha value is -1.00. The van der Waals surface area contributed by atoms with E-state index in [1.807, 2.05) is 6.92 Å². The third-order valence-corrected chi connectivity index (χ3v) is 4.27. The predicted molar refractivity (Wildman–Crippen MR) is 75.6 cm³/mol. The zero-order valence-corrected chi connectivity index (χ0v) is 12.4. The summed E-state index contributed by atoms with van der Waals surface area (Å²) >= 11 is 0. The van der Waals surface area contributed by atoms with Crippen molar-refractivity contribution in [1.29, 1.82) is 0 Å². The molecule has 112 valence electrons. The van der Waals surface area contributed by atoms with E-state index in [0.717, 1.165) is 31.4 Å². The number of halogens is 2. The van der Waals surface area contributed by atoms with E-state index in [1.54, 1.807) is 6.07 Å². The minimum Gasteiger partial charge on any atom is -0.375 e. The van der Waals surface area contributed by atoms with Gasteiger partial charge in [-0.1, -0.05) is 13.0 Å². The molecule has 1 aliphatic heterocycles. The average Bonchev–Trinajstić information content (AvgIpc) is 2.42. The maximum absolute atomic E-state index is 13.3. The van der Waals surface area contributed by atoms with Crippen LogP contribution in [0, 0.1) is 11.6 Å². The highest BCUT2D eigenvalue weighted by Gasteiger charge is 2.32. The molecular formula is C16H23F2NO. The van der Waals surface area contributed by atoms with Gasteiger partial charge in [-0.05, 0) is 50.8 Å². The lowest BCUT2D eigenvalue weighted by atomic mass is 9.89. The number of benzene rings is 1. The van der Waals surface area contributed by atoms with Crippen LogP contribution in [-0.4, -0.2) is 18.2 Å². The van der Waals surface area contributed by atoms with E-state index in [9.17, 15) is 8.78 Å². The Bertz CT molecular complexity index is 466. The molecule has 2 nitrogen and oxygen atoms in total. The normalized spacial score (nSPS) is 28.4. The third-order valence-electron chi connectivity index (χ3n) is 4.27. The highest BCUT2D eigenvalue weighted by molar-refractivity contribution is 5.21. The molecule has 3 atom stereocenters. The fourth-order valence-corrected chi connectivity index (χ4v) is 2.75. The quantitative estimate of drug-likeness (QED) is 0.903. The maximum Gasteiger partial charge on any atom is 0.159 e. The topological polar surface area (TPSA) is 21.3 Å². The molecule has 1 fully saturated rings. The molecule has 0 aliphatic carbocycles. The van der Waals surface area contributed by atoms with Crippen LogP contribution < -0.4 is 5.32 Å². The third kappa shape index (κ3) is 3.55. The van der Waals surface area contributed by atoms with Gasteiger partial charge in [-0.15, -0.1) is 0 Å². The Labute approximate surface area is 119 Å². The van der Waals surface area contributed by atoms with Gasteiger partial charge in [0.2, 0.25) is 0 Å². The average molecular weight is 283 g/mol. The summed E-state index contributed by atoms with van der Waals surface area (Å²) in [4.78, 5) is 0. The van der Waals surface area contributed by atoms with E-state index in [0.29, 0.717) is 6.04 Å². The van der Waals surface area contributed by atoms with Crippen LogP contribution in [0.15, 0.2) is 18.2 Å². The summed E-state index contributed by atoms with van der Waals surface area (Å²) in [6.45, 7) is 6.97. The molecule has 2 rings (SSSR count). The van der Waals surface area contributed by atoms with Gasteiger partial charge in [0.15, 0.2) is 11.6 Å². The number of hydrogen-bond donors (Lipinski definition) is 1. The van der Waals surface area contributed by atoms with Crippen molar-refractivity contribution >= 4 is 0 Å². The Kier molecular flexibility index (Phi) is 4.76. The highest BCUT2D eigenvalue weighted by atomic mass is 19.2. The SMILES string of the molecule is CCC1(C)CC(NC(C)c2ccc(F)c(F)c2)CCO1. The first-order valence-electron chi connectivity index (χ1n) is 7.28. The van der Waals surface area contributed by atoms with Crippen molar-refractivity contribution in [2.75, 3.05) is 6.61 Å². The van der Waals surface area contributed by atoms with Crippen molar-refractivity contribution in [1.82, 2.24) is 5.32 Å². The van der Waals surface area contributed by atoms with E-state index in [1.165, 1.54) is 12.1 Å². The van der Waals surface area contributed by atoms with E-state index < -0.39 is 11.6 Å². The standard InChI is InChI=1S/C16H23F2NO/c1-4-16(3)10-13(7-8-20-16)19-11(2)12-5-6-14(17)15(18)9-12/h5-6,9,11,13,19H,4,7-8,10H2,1-3H3. The van der Waals surface area contributed by atoms with Gasteiger partial charge in [0.25, 0.3) is 0 Å². The van der Waals surface area contributed by atoms with Crippen LogP contribution >= 0.6 is 0 Å². The second-order valence-electron chi connectivity index (χ2n) is 5.90. The fraction of sp³-hybridized carbons (Fsp3) is 0.625. The van der Waals surface area contributed by atoms with Crippen molar-refractivity contribution in [3.63, 3.8) is 0 Å². The van der Waals surface area contributed by atoms with Crippen LogP contribution in [0.5, 0.6) is 0 Å². The summed E-state index contributed by atoms with van der Waals surface area (Å²) < 4.78 is 32.0. The van der Waals surface area contributed by atoms with Gasteiger partial charge < -0.3 is 10.1 Å². The minimum absolute atomic E-state index is 0.00527. The summed E-state index contributed by atoms with van der Waals surface area (Å²) in [5.74, 6) is -1.59. The van der Waals surface area contributed by atoms with Crippen molar-refractivity contribution in [2.24, 2.45) is 0 Å². The molecule has 1 heterocycles. The molecule has 1 aliphatic rings. The summed E-state index contributed by atoms with van der Waals surface area (Å²) in [5, 5.41) is 3.50. The molecule has 1 aromatic carbocycles. The van der Waals surface area contributed by atoms with Crippen LogP contribution in [0.4, 0.5) is 8.78 Å². The van der Waals surface area contributed by atoms with Crippen LogP contribution in [0.1, 0.15) is 51.6 Å². The summed E-state index contributed by atoms with van der Waals surface area (Å²) in [6.07, 6.45) is 2.87. The fourth-order valence-electron chi connectivity index (χ4n) is 2.75. The van der Waals surface area contributed by atoms with Crippen LogP contribution in [0.3, 0.4) is 0 Å². The van der Waals surface area contributed by atoms with Crippen molar-refractivity contribution in [3.8, 4) is 0 Å². The van der Waals surface area contributed by atoms with Crippen LogP contribution in [-0.2, 0) is 4.74 Å². The van der Waals surface area contributed by atoms with Gasteiger partial charge in [0.05, 0.1) is 5.60 Å². The van der Waals surface area contributed by atoms with Crippen LogP contribution in [0.2, 0.25) is 0 Å². The Morgan fingerprint density at radius 1 is 1.40 bits per heavy atom. The number of hydrogen-bond acceptors (Lipinski definition) is 2. The number of ether oxygens (including phenoxy) is 1. The lowest BCUT2D eigenvalue weighted by Gasteiger charge is -2.39. The summed E-state index contributed by atoms with van der Waals surface area (Å²) in [5.41, 5.74) is 0.692. The van der Waals surface area contributed by atoms with Gasteiger partial charge in [-0.3, -0.25) is 0 Å². The van der Waals surface area contributed by atoms with Gasteiger partial charge >= 0.3 is 0 Å². The van der Waals surface area contributed by atoms with Crippen molar-refractivity contribution in [3.05, 3.63) is 35.4 Å². The molecule has 0 radical (unpaired) electrons. The smallest absolute Gasteiger partial charge is 0.159 e. The molecule has 0 amide bonds. The number of rotatable bonds is 4. The largest absolute Gasteiger partial charge is 0.375 e. The van der Waals surface area contributed by atoms with E-state index in [-0.39, 0.29) is 11.6 Å². The first-order chi connectivity index (χ1) is 9.43. The first-order valence-corrected chi connectivity index (χ1v) is 7.28. The van der Waals surface area contributed by atoms with Gasteiger partial charge in [-0.2, -0.15) is 0 Å². The number of nitrogens with one attached hydrogen (secondary N) is 1. The maximum atomic E-state index is 13.3. The molecule has 1 N–H and O–H groups in total. The minimum atomic E-state index is -0.800. The second-order valence-corrected chi connectivity index (χ2v) is 5.90. The molecule has 4 heteroatoms. The molecule has 0 spiro atoms.